The Bertz CT molecular complexity index is 490. The average molecular weight is 323 g/mol. The molecular weight excluding hydrogens is 294 g/mol. The molecule has 1 fully saturated rings. The average Bonchev–Trinajstić information content (AvgIpc) is 2.99. The minimum atomic E-state index is 0.224. The lowest BCUT2D eigenvalue weighted by molar-refractivity contribution is -0.132. The smallest absolute Gasteiger partial charge is 0.240 e. The summed E-state index contributed by atoms with van der Waals surface area (Å²) in [7, 11) is 0. The number of nitrogens with zero attached hydrogens (tertiary/aromatic N) is 5. The van der Waals surface area contributed by atoms with Crippen LogP contribution in [-0.4, -0.2) is 76.6 Å². The topological polar surface area (TPSA) is 65.7 Å². The fourth-order valence-electron chi connectivity index (χ4n) is 2.73. The molecule has 1 saturated heterocycles. The number of carbonyl (C=O) groups excluding carboxylic acids is 1. The lowest BCUT2D eigenvalue weighted by Gasteiger charge is -2.34. The van der Waals surface area contributed by atoms with Crippen molar-refractivity contribution >= 4 is 5.91 Å². The second kappa shape index (κ2) is 8.40. The summed E-state index contributed by atoms with van der Waals surface area (Å²) in [6, 6.07) is 0. The van der Waals surface area contributed by atoms with Gasteiger partial charge in [-0.05, 0) is 13.8 Å². The summed E-state index contributed by atoms with van der Waals surface area (Å²) in [5, 5.41) is 4.00. The highest BCUT2D eigenvalue weighted by atomic mass is 16.5. The Morgan fingerprint density at radius 2 is 1.78 bits per heavy atom. The fourth-order valence-corrected chi connectivity index (χ4v) is 2.73. The molecule has 1 aromatic rings. The summed E-state index contributed by atoms with van der Waals surface area (Å²) in [5.41, 5.74) is 0. The van der Waals surface area contributed by atoms with Gasteiger partial charge >= 0.3 is 0 Å². The molecule has 7 heteroatoms. The van der Waals surface area contributed by atoms with E-state index in [9.17, 15) is 4.79 Å². The van der Waals surface area contributed by atoms with Crippen molar-refractivity contribution < 1.29 is 9.32 Å². The van der Waals surface area contributed by atoms with Crippen molar-refractivity contribution in [3.63, 3.8) is 0 Å². The van der Waals surface area contributed by atoms with Crippen LogP contribution in [0.15, 0.2) is 4.52 Å². The van der Waals surface area contributed by atoms with Crippen LogP contribution in [0.5, 0.6) is 0 Å². The molecule has 0 aromatic carbocycles. The zero-order chi connectivity index (χ0) is 16.8. The van der Waals surface area contributed by atoms with Crippen molar-refractivity contribution in [1.82, 2.24) is 24.8 Å². The van der Waals surface area contributed by atoms with E-state index in [0.717, 1.165) is 45.1 Å². The summed E-state index contributed by atoms with van der Waals surface area (Å²) in [4.78, 5) is 23.0. The zero-order valence-corrected chi connectivity index (χ0v) is 14.8. The van der Waals surface area contributed by atoms with Gasteiger partial charge in [0.2, 0.25) is 11.8 Å². The number of likely N-dealkylation sites (N-methyl/N-ethyl adjacent to an activating group) is 1. The van der Waals surface area contributed by atoms with Gasteiger partial charge in [-0.15, -0.1) is 0 Å². The van der Waals surface area contributed by atoms with Crippen molar-refractivity contribution in [2.24, 2.45) is 0 Å². The molecule has 7 nitrogen and oxygen atoms in total. The minimum Gasteiger partial charge on any atom is -0.342 e. The molecule has 0 unspecified atom stereocenters. The van der Waals surface area contributed by atoms with Gasteiger partial charge in [-0.2, -0.15) is 4.98 Å². The number of hydrogen-bond donors (Lipinski definition) is 0. The first-order valence-electron chi connectivity index (χ1n) is 8.58. The van der Waals surface area contributed by atoms with Crippen molar-refractivity contribution in [2.45, 2.75) is 40.2 Å². The monoisotopic (exact) mass is 323 g/mol. The molecule has 23 heavy (non-hydrogen) atoms. The molecule has 130 valence electrons. The van der Waals surface area contributed by atoms with Gasteiger partial charge in [-0.3, -0.25) is 14.6 Å². The maximum absolute atomic E-state index is 12.2. The highest BCUT2D eigenvalue weighted by Gasteiger charge is 2.22. The molecule has 1 aliphatic heterocycles. The highest BCUT2D eigenvalue weighted by molar-refractivity contribution is 5.78. The maximum atomic E-state index is 12.2. The Labute approximate surface area is 138 Å². The van der Waals surface area contributed by atoms with Crippen molar-refractivity contribution in [3.8, 4) is 0 Å². The summed E-state index contributed by atoms with van der Waals surface area (Å²) >= 11 is 0. The van der Waals surface area contributed by atoms with Crippen LogP contribution in [-0.2, 0) is 11.3 Å². The molecule has 2 heterocycles. The molecular formula is C16H29N5O2. The van der Waals surface area contributed by atoms with Gasteiger partial charge in [0.1, 0.15) is 0 Å². The number of rotatable bonds is 7. The Morgan fingerprint density at radius 1 is 1.17 bits per heavy atom. The van der Waals surface area contributed by atoms with E-state index >= 15 is 0 Å². The second-order valence-electron chi connectivity index (χ2n) is 6.32. The van der Waals surface area contributed by atoms with E-state index in [4.69, 9.17) is 4.52 Å². The van der Waals surface area contributed by atoms with Crippen LogP contribution in [0, 0.1) is 0 Å². The van der Waals surface area contributed by atoms with Gasteiger partial charge in [-0.1, -0.05) is 19.0 Å². The minimum absolute atomic E-state index is 0.224. The Balaban J connectivity index is 1.76. The highest BCUT2D eigenvalue weighted by Crippen LogP contribution is 2.12. The van der Waals surface area contributed by atoms with Gasteiger partial charge in [0.25, 0.3) is 0 Å². The predicted octanol–water partition coefficient (Wildman–Crippen LogP) is 1.18. The van der Waals surface area contributed by atoms with Crippen LogP contribution in [0.3, 0.4) is 0 Å². The van der Waals surface area contributed by atoms with E-state index in [1.165, 1.54) is 0 Å². The molecule has 2 rings (SSSR count). The van der Waals surface area contributed by atoms with E-state index in [2.05, 4.69) is 33.8 Å². The fraction of sp³-hybridized carbons (Fsp3) is 0.812. The van der Waals surface area contributed by atoms with E-state index in [-0.39, 0.29) is 11.8 Å². The van der Waals surface area contributed by atoms with E-state index in [1.54, 1.807) is 0 Å². The summed E-state index contributed by atoms with van der Waals surface area (Å²) < 4.78 is 5.30. The SMILES string of the molecule is CCN(CC)C(=O)CN1CCN(Cc2nc(C(C)C)no2)CC1. The van der Waals surface area contributed by atoms with Gasteiger partial charge in [0.05, 0.1) is 13.1 Å². The Hall–Kier alpha value is -1.47. The van der Waals surface area contributed by atoms with Gasteiger partial charge < -0.3 is 9.42 Å². The lowest BCUT2D eigenvalue weighted by atomic mass is 10.2. The predicted molar refractivity (Wildman–Crippen MR) is 88.0 cm³/mol. The second-order valence-corrected chi connectivity index (χ2v) is 6.32. The molecule has 0 N–H and O–H groups in total. The first kappa shape index (κ1) is 17.9. The Kier molecular flexibility index (Phi) is 6.53. The molecule has 0 aliphatic carbocycles. The van der Waals surface area contributed by atoms with Crippen LogP contribution in [0.4, 0.5) is 0 Å². The third-order valence-electron chi connectivity index (χ3n) is 4.30. The largest absolute Gasteiger partial charge is 0.342 e. The van der Waals surface area contributed by atoms with Crippen LogP contribution >= 0.6 is 0 Å². The summed E-state index contributed by atoms with van der Waals surface area (Å²) in [6.07, 6.45) is 0. The molecule has 0 radical (unpaired) electrons. The quantitative estimate of drug-likeness (QED) is 0.751. The molecule has 1 amide bonds. The first-order chi connectivity index (χ1) is 11.0. The van der Waals surface area contributed by atoms with Crippen LogP contribution < -0.4 is 0 Å². The molecule has 0 spiro atoms. The number of amides is 1. The molecule has 1 aliphatic rings. The van der Waals surface area contributed by atoms with Crippen molar-refractivity contribution in [3.05, 3.63) is 11.7 Å². The third-order valence-corrected chi connectivity index (χ3v) is 4.30. The molecule has 1 aromatic heterocycles. The van der Waals surface area contributed by atoms with Gasteiger partial charge in [-0.25, -0.2) is 0 Å². The van der Waals surface area contributed by atoms with Crippen molar-refractivity contribution in [2.75, 3.05) is 45.8 Å². The molecule has 0 atom stereocenters. The zero-order valence-electron chi connectivity index (χ0n) is 14.8. The third kappa shape index (κ3) is 5.00. The number of hydrogen-bond acceptors (Lipinski definition) is 6. The molecule has 0 saturated carbocycles. The summed E-state index contributed by atoms with van der Waals surface area (Å²) in [5.74, 6) is 1.96. The van der Waals surface area contributed by atoms with Crippen LogP contribution in [0.2, 0.25) is 0 Å². The van der Waals surface area contributed by atoms with E-state index in [1.807, 2.05) is 18.7 Å². The standard InChI is InChI=1S/C16H29N5O2/c1-5-21(6-2)15(22)12-20-9-7-19(8-10-20)11-14-17-16(13(3)4)18-23-14/h13H,5-12H2,1-4H3. The van der Waals surface area contributed by atoms with E-state index in [0.29, 0.717) is 19.0 Å². The van der Waals surface area contributed by atoms with Crippen LogP contribution in [0.25, 0.3) is 0 Å². The van der Waals surface area contributed by atoms with E-state index < -0.39 is 0 Å². The Morgan fingerprint density at radius 3 is 2.30 bits per heavy atom. The number of piperazine rings is 1. The van der Waals surface area contributed by atoms with Crippen LogP contribution in [0.1, 0.15) is 45.3 Å². The first-order valence-corrected chi connectivity index (χ1v) is 8.58. The van der Waals surface area contributed by atoms with Gasteiger partial charge in [0, 0.05) is 45.2 Å². The van der Waals surface area contributed by atoms with Gasteiger partial charge in [0.15, 0.2) is 5.82 Å². The normalized spacial score (nSPS) is 16.9. The lowest BCUT2D eigenvalue weighted by Crippen LogP contribution is -2.49. The molecule has 0 bridgehead atoms. The van der Waals surface area contributed by atoms with Crippen molar-refractivity contribution in [1.29, 1.82) is 0 Å². The number of aromatic nitrogens is 2. The number of carbonyl (C=O) groups is 1. The maximum Gasteiger partial charge on any atom is 0.240 e. The summed E-state index contributed by atoms with van der Waals surface area (Å²) in [6.45, 7) is 14.6.